The lowest BCUT2D eigenvalue weighted by Gasteiger charge is -2.10. The number of amides is 1. The van der Waals surface area contributed by atoms with Gasteiger partial charge >= 0.3 is 0 Å². The topological polar surface area (TPSA) is 89.5 Å². The highest BCUT2D eigenvalue weighted by atomic mass is 16.5. The molecule has 0 spiro atoms. The Morgan fingerprint density at radius 3 is 2.84 bits per heavy atom. The smallest absolute Gasteiger partial charge is 0.260 e. The lowest BCUT2D eigenvalue weighted by Crippen LogP contribution is -2.17. The molecule has 2 heterocycles. The molecule has 1 aromatic carbocycles. The lowest BCUT2D eigenvalue weighted by atomic mass is 10.2. The van der Waals surface area contributed by atoms with Crippen LogP contribution in [0.3, 0.4) is 0 Å². The first-order valence-corrected chi connectivity index (χ1v) is 7.81. The van der Waals surface area contributed by atoms with Crippen LogP contribution in [0.5, 0.6) is 5.75 Å². The van der Waals surface area contributed by atoms with Crippen molar-refractivity contribution in [2.24, 2.45) is 0 Å². The van der Waals surface area contributed by atoms with Crippen LogP contribution in [0.1, 0.15) is 16.1 Å². The van der Waals surface area contributed by atoms with Gasteiger partial charge in [0.25, 0.3) is 5.91 Å². The third-order valence-corrected chi connectivity index (χ3v) is 3.82. The van der Waals surface area contributed by atoms with Crippen molar-refractivity contribution < 1.29 is 19.1 Å². The third-order valence-electron chi connectivity index (χ3n) is 3.82. The summed E-state index contributed by atoms with van der Waals surface area (Å²) < 4.78 is 12.1. The third kappa shape index (κ3) is 3.41. The number of aliphatic hydroxyl groups excluding tert-OH is 1. The average molecular weight is 341 g/mol. The molecule has 0 radical (unpaired) electrons. The van der Waals surface area contributed by atoms with Crippen LogP contribution in [0.25, 0.3) is 11.3 Å². The van der Waals surface area contributed by atoms with Crippen LogP contribution in [0.15, 0.2) is 47.1 Å². The maximum atomic E-state index is 12.6. The van der Waals surface area contributed by atoms with E-state index in [0.717, 1.165) is 11.3 Å². The number of methoxy groups -OCH3 is 1. The summed E-state index contributed by atoms with van der Waals surface area (Å²) in [6.07, 6.45) is 1.59. The first-order valence-electron chi connectivity index (χ1n) is 7.81. The van der Waals surface area contributed by atoms with Crippen LogP contribution in [-0.4, -0.2) is 34.5 Å². The fourth-order valence-corrected chi connectivity index (χ4v) is 2.58. The lowest BCUT2D eigenvalue weighted by molar-refractivity contribution is 0.102. The van der Waals surface area contributed by atoms with Crippen LogP contribution >= 0.6 is 0 Å². The molecule has 0 unspecified atom stereocenters. The molecule has 1 amide bonds. The normalized spacial score (nSPS) is 10.7. The molecule has 0 aliphatic carbocycles. The van der Waals surface area contributed by atoms with Gasteiger partial charge in [-0.2, -0.15) is 5.10 Å². The predicted molar refractivity (Wildman–Crippen MR) is 92.7 cm³/mol. The van der Waals surface area contributed by atoms with Gasteiger partial charge in [0.15, 0.2) is 0 Å². The van der Waals surface area contributed by atoms with E-state index >= 15 is 0 Å². The Labute approximate surface area is 144 Å². The van der Waals surface area contributed by atoms with Gasteiger partial charge in [0.1, 0.15) is 17.3 Å². The molecule has 0 atom stereocenters. The molecule has 0 bridgehead atoms. The van der Waals surface area contributed by atoms with Crippen molar-refractivity contribution in [3.8, 4) is 17.0 Å². The van der Waals surface area contributed by atoms with Gasteiger partial charge in [-0.15, -0.1) is 0 Å². The minimum Gasteiger partial charge on any atom is -0.496 e. The fraction of sp³-hybridized carbons (Fsp3) is 0.222. The molecule has 0 saturated heterocycles. The molecule has 0 aliphatic heterocycles. The van der Waals surface area contributed by atoms with Gasteiger partial charge in [0, 0.05) is 11.6 Å². The standard InChI is InChI=1S/C18H19N3O4/c1-12-13(7-10-25-12)15-11-17(21(20-15)8-9-22)19-18(23)14-5-3-4-6-16(14)24-2/h3-7,10-11,22H,8-9H2,1-2H3,(H,19,23). The molecule has 7 heteroatoms. The molecule has 0 aliphatic rings. The van der Waals surface area contributed by atoms with E-state index in [4.69, 9.17) is 9.15 Å². The number of aryl methyl sites for hydroxylation is 1. The van der Waals surface area contributed by atoms with Crippen molar-refractivity contribution in [3.63, 3.8) is 0 Å². The van der Waals surface area contributed by atoms with Crippen LogP contribution in [0, 0.1) is 6.92 Å². The molecule has 2 N–H and O–H groups in total. The molecular formula is C18H19N3O4. The molecule has 25 heavy (non-hydrogen) atoms. The summed E-state index contributed by atoms with van der Waals surface area (Å²) in [5, 5.41) is 16.5. The molecule has 3 rings (SSSR count). The van der Waals surface area contributed by atoms with Gasteiger partial charge in [-0.3, -0.25) is 4.79 Å². The maximum absolute atomic E-state index is 12.6. The number of furan rings is 1. The SMILES string of the molecule is COc1ccccc1C(=O)Nc1cc(-c2ccoc2C)nn1CCO. The highest BCUT2D eigenvalue weighted by molar-refractivity contribution is 6.06. The fourth-order valence-electron chi connectivity index (χ4n) is 2.58. The van der Waals surface area contributed by atoms with Crippen LogP contribution in [0.4, 0.5) is 5.82 Å². The van der Waals surface area contributed by atoms with Gasteiger partial charge in [0.2, 0.25) is 0 Å². The number of para-hydroxylation sites is 1. The Balaban J connectivity index is 1.92. The van der Waals surface area contributed by atoms with E-state index in [1.165, 1.54) is 7.11 Å². The van der Waals surface area contributed by atoms with Crippen molar-refractivity contribution in [1.29, 1.82) is 0 Å². The first-order chi connectivity index (χ1) is 12.1. The van der Waals surface area contributed by atoms with E-state index in [2.05, 4.69) is 10.4 Å². The van der Waals surface area contributed by atoms with Gasteiger partial charge in [-0.25, -0.2) is 4.68 Å². The number of ether oxygens (including phenoxy) is 1. The number of hydrogen-bond donors (Lipinski definition) is 2. The molecule has 0 fully saturated rings. The average Bonchev–Trinajstić information content (AvgIpc) is 3.21. The molecule has 3 aromatic rings. The first kappa shape index (κ1) is 16.8. The number of carbonyl (C=O) groups is 1. The molecule has 130 valence electrons. The van der Waals surface area contributed by atoms with E-state index in [1.807, 2.05) is 13.0 Å². The predicted octanol–water partition coefficient (Wildman–Crippen LogP) is 2.70. The second-order valence-corrected chi connectivity index (χ2v) is 5.41. The molecular weight excluding hydrogens is 322 g/mol. The Hall–Kier alpha value is -3.06. The summed E-state index contributed by atoms with van der Waals surface area (Å²) in [5.74, 6) is 1.39. The number of aromatic nitrogens is 2. The molecule has 2 aromatic heterocycles. The summed E-state index contributed by atoms with van der Waals surface area (Å²) >= 11 is 0. The van der Waals surface area contributed by atoms with Crippen molar-refractivity contribution in [2.75, 3.05) is 19.0 Å². The van der Waals surface area contributed by atoms with Crippen molar-refractivity contribution >= 4 is 11.7 Å². The Morgan fingerprint density at radius 1 is 1.36 bits per heavy atom. The highest BCUT2D eigenvalue weighted by Gasteiger charge is 2.17. The molecule has 0 saturated carbocycles. The van der Waals surface area contributed by atoms with Crippen molar-refractivity contribution in [2.45, 2.75) is 13.5 Å². The number of benzene rings is 1. The van der Waals surface area contributed by atoms with E-state index in [-0.39, 0.29) is 19.1 Å². The molecule has 7 nitrogen and oxygen atoms in total. The van der Waals surface area contributed by atoms with Crippen LogP contribution in [-0.2, 0) is 6.54 Å². The second kappa shape index (κ2) is 7.23. The zero-order valence-corrected chi connectivity index (χ0v) is 14.0. The quantitative estimate of drug-likeness (QED) is 0.719. The van der Waals surface area contributed by atoms with E-state index in [0.29, 0.717) is 22.8 Å². The minimum absolute atomic E-state index is 0.0942. The zero-order valence-electron chi connectivity index (χ0n) is 14.0. The Kier molecular flexibility index (Phi) is 4.85. The number of nitrogens with one attached hydrogen (secondary N) is 1. The number of carbonyl (C=O) groups excluding carboxylic acids is 1. The second-order valence-electron chi connectivity index (χ2n) is 5.41. The van der Waals surface area contributed by atoms with E-state index < -0.39 is 0 Å². The number of nitrogens with zero attached hydrogens (tertiary/aromatic N) is 2. The number of aliphatic hydroxyl groups is 1. The van der Waals surface area contributed by atoms with Gasteiger partial charge in [0.05, 0.1) is 37.8 Å². The highest BCUT2D eigenvalue weighted by Crippen LogP contribution is 2.27. The van der Waals surface area contributed by atoms with Crippen molar-refractivity contribution in [3.05, 3.63) is 54.0 Å². The maximum Gasteiger partial charge on any atom is 0.260 e. The van der Waals surface area contributed by atoms with E-state index in [9.17, 15) is 9.90 Å². The van der Waals surface area contributed by atoms with E-state index in [1.54, 1.807) is 41.3 Å². The summed E-state index contributed by atoms with van der Waals surface area (Å²) in [4.78, 5) is 12.6. The zero-order chi connectivity index (χ0) is 17.8. The van der Waals surface area contributed by atoms with Gasteiger partial charge in [-0.1, -0.05) is 12.1 Å². The summed E-state index contributed by atoms with van der Waals surface area (Å²) in [6.45, 7) is 2.01. The number of rotatable bonds is 6. The number of anilines is 1. The Morgan fingerprint density at radius 2 is 2.16 bits per heavy atom. The van der Waals surface area contributed by atoms with Gasteiger partial charge < -0.3 is 19.6 Å². The monoisotopic (exact) mass is 341 g/mol. The summed E-state index contributed by atoms with van der Waals surface area (Å²) in [6, 6.07) is 10.5. The van der Waals surface area contributed by atoms with Gasteiger partial charge in [-0.05, 0) is 25.1 Å². The van der Waals surface area contributed by atoms with Crippen LogP contribution < -0.4 is 10.1 Å². The van der Waals surface area contributed by atoms with Crippen molar-refractivity contribution in [1.82, 2.24) is 9.78 Å². The number of hydrogen-bond acceptors (Lipinski definition) is 5. The minimum atomic E-state index is -0.313. The largest absolute Gasteiger partial charge is 0.496 e. The van der Waals surface area contributed by atoms with Crippen LogP contribution in [0.2, 0.25) is 0 Å². The Bertz CT molecular complexity index is 882. The summed E-state index contributed by atoms with van der Waals surface area (Å²) in [5.41, 5.74) is 1.92. The summed E-state index contributed by atoms with van der Waals surface area (Å²) in [7, 11) is 1.52.